The molecule has 1 fully saturated rings. The van der Waals surface area contributed by atoms with Crippen molar-refractivity contribution in [2.75, 3.05) is 37.2 Å². The number of nitrogens with one attached hydrogen (secondary N) is 3. The predicted octanol–water partition coefficient (Wildman–Crippen LogP) is 3.12. The summed E-state index contributed by atoms with van der Waals surface area (Å²) in [7, 11) is 0. The molecule has 1 unspecified atom stereocenters. The van der Waals surface area contributed by atoms with E-state index in [1.165, 1.54) is 0 Å². The Labute approximate surface area is 349 Å². The third kappa shape index (κ3) is 8.14. The average molecular weight is 834 g/mol. The Balaban J connectivity index is 1.27. The van der Waals surface area contributed by atoms with E-state index in [1.807, 2.05) is 39.8 Å². The van der Waals surface area contributed by atoms with E-state index in [1.54, 1.807) is 54.9 Å². The first-order valence-corrected chi connectivity index (χ1v) is 20.0. The van der Waals surface area contributed by atoms with Gasteiger partial charge in [-0.3, -0.25) is 44.5 Å². The van der Waals surface area contributed by atoms with Gasteiger partial charge in [-0.25, -0.2) is 9.97 Å². The smallest absolute Gasteiger partial charge is 0.276 e. The van der Waals surface area contributed by atoms with Crippen LogP contribution in [0.25, 0.3) is 22.1 Å². The number of anilines is 2. The number of benzene rings is 2. The minimum Gasteiger partial charge on any atom is -0.491 e. The Bertz CT molecular complexity index is 2540. The number of hydrogen-bond acceptors (Lipinski definition) is 12. The standard InChI is InChI=1S/C41H47N13O7/c1-5-53-30(13-22(3)49-53)38(57)47-40-45-28-15-24(36(42)55)17-32-34(28)51(40)10-7-8-11-52-35-29(46-41(52)48-39(58)31-14-23(4)50-54(31)6-2)16-25(37(43)56)18-33(35)61-20-26(19-60-32)27-9-12-59-21-44-27/h7-8,13-18,26-27,44H,5-6,9-12,19-21H2,1-4H3,(H2,42,55)(H2,43,56)(H,45,47,57)(H,46,48,58)/b8-7+. The number of aryl methyl sites for hydroxylation is 4. The monoisotopic (exact) mass is 833 g/mol. The molecule has 6 heterocycles. The van der Waals surface area contributed by atoms with Crippen molar-refractivity contribution < 1.29 is 33.4 Å². The molecule has 6 aromatic rings. The number of carbonyl (C=O) groups excluding carboxylic acids is 4. The van der Waals surface area contributed by atoms with Gasteiger partial charge in [-0.2, -0.15) is 10.2 Å². The van der Waals surface area contributed by atoms with E-state index in [2.05, 4.69) is 26.1 Å². The molecule has 0 radical (unpaired) electrons. The first-order chi connectivity index (χ1) is 29.4. The van der Waals surface area contributed by atoms with Crippen LogP contribution in [0.15, 0.2) is 48.6 Å². The second kappa shape index (κ2) is 16.9. The fourth-order valence-corrected chi connectivity index (χ4v) is 7.77. The zero-order chi connectivity index (χ0) is 42.9. The molecule has 0 spiro atoms. The molecule has 2 aliphatic heterocycles. The summed E-state index contributed by atoms with van der Waals surface area (Å²) in [4.78, 5) is 62.5. The zero-order valence-corrected chi connectivity index (χ0v) is 34.2. The Morgan fingerprint density at radius 3 is 1.62 bits per heavy atom. The van der Waals surface area contributed by atoms with Crippen molar-refractivity contribution in [1.29, 1.82) is 0 Å². The maximum atomic E-state index is 13.8. The molecule has 4 amide bonds. The Kier molecular flexibility index (Phi) is 11.3. The molecule has 4 aromatic heterocycles. The average Bonchev–Trinajstić information content (AvgIpc) is 4.01. The summed E-state index contributed by atoms with van der Waals surface area (Å²) >= 11 is 0. The number of amides is 4. The molecular formula is C41H47N13O7. The van der Waals surface area contributed by atoms with Crippen LogP contribution >= 0.6 is 0 Å². The molecule has 1 atom stereocenters. The van der Waals surface area contributed by atoms with Gasteiger partial charge in [0.1, 0.15) is 33.9 Å². The third-order valence-corrected chi connectivity index (χ3v) is 10.7. The fourth-order valence-electron chi connectivity index (χ4n) is 7.77. The molecular weight excluding hydrogens is 787 g/mol. The van der Waals surface area contributed by atoms with E-state index in [-0.39, 0.29) is 61.3 Å². The summed E-state index contributed by atoms with van der Waals surface area (Å²) in [6.07, 6.45) is 4.37. The lowest BCUT2D eigenvalue weighted by molar-refractivity contribution is 0.0282. The number of imidazole rings is 2. The molecule has 2 aromatic carbocycles. The number of allylic oxidation sites excluding steroid dienone is 2. The number of rotatable bonds is 9. The Morgan fingerprint density at radius 1 is 0.738 bits per heavy atom. The lowest BCUT2D eigenvalue weighted by atomic mass is 9.98. The van der Waals surface area contributed by atoms with E-state index in [4.69, 9.17) is 35.6 Å². The number of aromatic nitrogens is 8. The normalized spacial score (nSPS) is 16.6. The van der Waals surface area contributed by atoms with E-state index in [0.29, 0.717) is 89.2 Å². The van der Waals surface area contributed by atoms with Crippen molar-refractivity contribution in [1.82, 2.24) is 44.0 Å². The van der Waals surface area contributed by atoms with E-state index >= 15 is 0 Å². The van der Waals surface area contributed by atoms with Crippen molar-refractivity contribution >= 4 is 57.6 Å². The van der Waals surface area contributed by atoms with Crippen LogP contribution in [0, 0.1) is 19.8 Å². The second-order valence-electron chi connectivity index (χ2n) is 14.9. The largest absolute Gasteiger partial charge is 0.491 e. The summed E-state index contributed by atoms with van der Waals surface area (Å²) < 4.78 is 25.6. The lowest BCUT2D eigenvalue weighted by Gasteiger charge is -2.31. The molecule has 0 aliphatic carbocycles. The summed E-state index contributed by atoms with van der Waals surface area (Å²) in [6, 6.07) is 9.52. The number of hydrogen-bond donors (Lipinski definition) is 5. The van der Waals surface area contributed by atoms with Gasteiger partial charge in [0.25, 0.3) is 11.8 Å². The second-order valence-corrected chi connectivity index (χ2v) is 14.9. The highest BCUT2D eigenvalue weighted by Gasteiger charge is 2.29. The highest BCUT2D eigenvalue weighted by atomic mass is 16.5. The molecule has 318 valence electrons. The number of ether oxygens (including phenoxy) is 3. The number of nitrogens with two attached hydrogens (primary N) is 2. The van der Waals surface area contributed by atoms with Gasteiger partial charge < -0.3 is 34.8 Å². The van der Waals surface area contributed by atoms with Crippen molar-refractivity contribution in [3.8, 4) is 11.5 Å². The molecule has 1 saturated heterocycles. The van der Waals surface area contributed by atoms with Crippen LogP contribution < -0.4 is 36.9 Å². The van der Waals surface area contributed by atoms with E-state index < -0.39 is 23.6 Å². The lowest BCUT2D eigenvalue weighted by Crippen LogP contribution is -2.46. The predicted molar refractivity (Wildman–Crippen MR) is 224 cm³/mol. The van der Waals surface area contributed by atoms with Gasteiger partial charge in [0.2, 0.25) is 23.7 Å². The van der Waals surface area contributed by atoms with Gasteiger partial charge >= 0.3 is 0 Å². The molecule has 7 N–H and O–H groups in total. The molecule has 20 nitrogen and oxygen atoms in total. The number of primary amides is 2. The van der Waals surface area contributed by atoms with Gasteiger partial charge in [-0.1, -0.05) is 12.2 Å². The van der Waals surface area contributed by atoms with E-state index in [9.17, 15) is 19.2 Å². The maximum Gasteiger partial charge on any atom is 0.276 e. The fraction of sp³-hybridized carbons (Fsp3) is 0.366. The summed E-state index contributed by atoms with van der Waals surface area (Å²) in [5.41, 5.74) is 15.8. The third-order valence-electron chi connectivity index (χ3n) is 10.7. The molecule has 61 heavy (non-hydrogen) atoms. The minimum absolute atomic E-state index is 0.0937. The topological polar surface area (TPSA) is 255 Å². The molecule has 2 aliphatic rings. The van der Waals surface area contributed by atoms with E-state index in [0.717, 1.165) is 0 Å². The Hall–Kier alpha value is -7.06. The van der Waals surface area contributed by atoms with Gasteiger partial charge in [0.05, 0.1) is 42.4 Å². The van der Waals surface area contributed by atoms with Crippen molar-refractivity contribution in [2.45, 2.75) is 66.3 Å². The van der Waals surface area contributed by atoms with Crippen LogP contribution in [0.2, 0.25) is 0 Å². The van der Waals surface area contributed by atoms with Crippen LogP contribution in [0.3, 0.4) is 0 Å². The zero-order valence-electron chi connectivity index (χ0n) is 34.2. The highest BCUT2D eigenvalue weighted by molar-refractivity contribution is 6.05. The molecule has 0 bridgehead atoms. The highest BCUT2D eigenvalue weighted by Crippen LogP contribution is 2.35. The van der Waals surface area contributed by atoms with Crippen molar-refractivity contribution in [3.63, 3.8) is 0 Å². The number of carbonyl (C=O) groups is 4. The summed E-state index contributed by atoms with van der Waals surface area (Å²) in [5.74, 6) is -1.54. The van der Waals surface area contributed by atoms with Crippen LogP contribution in [0.4, 0.5) is 11.9 Å². The Morgan fingerprint density at radius 2 is 1.21 bits per heavy atom. The van der Waals surface area contributed by atoms with Crippen molar-refractivity contribution in [2.24, 2.45) is 17.4 Å². The van der Waals surface area contributed by atoms with Gasteiger partial charge in [-0.15, -0.1) is 0 Å². The van der Waals surface area contributed by atoms with Crippen LogP contribution in [0.5, 0.6) is 11.5 Å². The maximum absolute atomic E-state index is 13.8. The minimum atomic E-state index is -0.683. The molecule has 20 heteroatoms. The van der Waals surface area contributed by atoms with Crippen LogP contribution in [-0.2, 0) is 30.9 Å². The molecule has 0 saturated carbocycles. The van der Waals surface area contributed by atoms with Crippen LogP contribution in [0.1, 0.15) is 73.3 Å². The van der Waals surface area contributed by atoms with Gasteiger partial charge in [0, 0.05) is 55.9 Å². The summed E-state index contributed by atoms with van der Waals surface area (Å²) in [6.45, 7) is 9.70. The summed E-state index contributed by atoms with van der Waals surface area (Å²) in [5, 5.41) is 18.2. The van der Waals surface area contributed by atoms with Crippen LogP contribution in [-0.4, -0.2) is 94.9 Å². The number of nitrogens with zero attached hydrogens (tertiary/aromatic N) is 8. The van der Waals surface area contributed by atoms with Gasteiger partial charge in [-0.05, 0) is 70.5 Å². The first-order valence-electron chi connectivity index (χ1n) is 20.0. The SMILES string of the molecule is CCn1nc(C)cc1C(=O)Nc1nc2cc(C(N)=O)cc3c2n1C/C=C/Cn1c(NC(=O)c2cc(C)nn2CC)nc2cc(C(N)=O)cc(c21)OCC(C1CCOCN1)CO3. The van der Waals surface area contributed by atoms with Gasteiger partial charge in [0.15, 0.2) is 0 Å². The first kappa shape index (κ1) is 40.7. The van der Waals surface area contributed by atoms with Crippen molar-refractivity contribution in [3.05, 3.63) is 82.5 Å². The quantitative estimate of drug-likeness (QED) is 0.132. The molecule has 8 rings (SSSR count).